The Bertz CT molecular complexity index is 543. The second-order valence-electron chi connectivity index (χ2n) is 4.55. The molecule has 0 fully saturated rings. The van der Waals surface area contributed by atoms with E-state index in [4.69, 9.17) is 9.26 Å². The summed E-state index contributed by atoms with van der Waals surface area (Å²) >= 11 is 0. The minimum Gasteiger partial charge on any atom is -0.423 e. The van der Waals surface area contributed by atoms with Crippen LogP contribution in [0.25, 0.3) is 0 Å². The molecule has 0 spiro atoms. The lowest BCUT2D eigenvalue weighted by Crippen LogP contribution is -2.45. The minimum atomic E-state index is -3.71. The van der Waals surface area contributed by atoms with Gasteiger partial charge in [0.05, 0.1) is 0 Å². The zero-order valence-corrected chi connectivity index (χ0v) is 12.7. The summed E-state index contributed by atoms with van der Waals surface area (Å²) < 4.78 is 22.7. The van der Waals surface area contributed by atoms with Crippen molar-refractivity contribution in [3.8, 4) is 0 Å². The lowest BCUT2D eigenvalue weighted by Gasteiger charge is -2.34. The molecule has 0 radical (unpaired) electrons. The van der Waals surface area contributed by atoms with Gasteiger partial charge < -0.3 is 9.63 Å². The SMILES string of the molecule is CCN1N=C(c2ccccc2)OC1(CC)OP(C)(=O)O. The van der Waals surface area contributed by atoms with E-state index >= 15 is 0 Å². The third kappa shape index (κ3) is 3.03. The van der Waals surface area contributed by atoms with Gasteiger partial charge in [0.1, 0.15) is 0 Å². The van der Waals surface area contributed by atoms with E-state index in [1.165, 1.54) is 0 Å². The molecule has 2 atom stereocenters. The molecule has 7 heteroatoms. The van der Waals surface area contributed by atoms with Crippen LogP contribution < -0.4 is 0 Å². The van der Waals surface area contributed by atoms with Crippen LogP contribution in [0.4, 0.5) is 0 Å². The summed E-state index contributed by atoms with van der Waals surface area (Å²) in [6.45, 7) is 5.35. The van der Waals surface area contributed by atoms with Gasteiger partial charge in [-0.15, -0.1) is 5.10 Å². The van der Waals surface area contributed by atoms with E-state index in [1.807, 2.05) is 44.2 Å². The van der Waals surface area contributed by atoms with Crippen LogP contribution in [-0.2, 0) is 13.8 Å². The van der Waals surface area contributed by atoms with Crippen LogP contribution in [-0.4, -0.2) is 34.9 Å². The highest BCUT2D eigenvalue weighted by atomic mass is 31.2. The van der Waals surface area contributed by atoms with Crippen molar-refractivity contribution in [3.05, 3.63) is 35.9 Å². The first-order chi connectivity index (χ1) is 9.40. The zero-order chi connectivity index (χ0) is 14.8. The Labute approximate surface area is 118 Å². The molecule has 1 aromatic rings. The van der Waals surface area contributed by atoms with Crippen LogP contribution in [0.2, 0.25) is 0 Å². The molecule has 2 unspecified atom stereocenters. The van der Waals surface area contributed by atoms with Crippen LogP contribution in [0.5, 0.6) is 0 Å². The number of benzene rings is 1. The first kappa shape index (κ1) is 15.0. The Morgan fingerprint density at radius 1 is 1.40 bits per heavy atom. The Hall–Kier alpha value is -1.36. The fourth-order valence-corrected chi connectivity index (χ4v) is 2.86. The molecule has 6 nitrogen and oxygen atoms in total. The molecule has 20 heavy (non-hydrogen) atoms. The summed E-state index contributed by atoms with van der Waals surface area (Å²) in [5, 5.41) is 5.91. The molecule has 0 aromatic heterocycles. The van der Waals surface area contributed by atoms with Crippen LogP contribution in [0, 0.1) is 0 Å². The Kier molecular flexibility index (Phi) is 4.18. The normalized spacial score (nSPS) is 25.0. The number of nitrogens with zero attached hydrogens (tertiary/aromatic N) is 2. The molecular weight excluding hydrogens is 279 g/mol. The summed E-state index contributed by atoms with van der Waals surface area (Å²) in [6, 6.07) is 9.38. The third-order valence-electron chi connectivity index (χ3n) is 2.94. The Morgan fingerprint density at radius 3 is 2.55 bits per heavy atom. The van der Waals surface area contributed by atoms with Gasteiger partial charge in [-0.1, -0.05) is 25.1 Å². The van der Waals surface area contributed by atoms with E-state index in [2.05, 4.69) is 5.10 Å². The molecule has 0 aliphatic carbocycles. The number of hydrazone groups is 1. The highest BCUT2D eigenvalue weighted by Crippen LogP contribution is 2.47. The summed E-state index contributed by atoms with van der Waals surface area (Å²) in [5.41, 5.74) is 0.800. The van der Waals surface area contributed by atoms with E-state index in [-0.39, 0.29) is 0 Å². The number of ether oxygens (including phenoxy) is 1. The quantitative estimate of drug-likeness (QED) is 0.846. The molecule has 1 N–H and O–H groups in total. The highest BCUT2D eigenvalue weighted by Gasteiger charge is 2.47. The maximum absolute atomic E-state index is 11.6. The average Bonchev–Trinajstić information content (AvgIpc) is 2.77. The second kappa shape index (κ2) is 5.56. The largest absolute Gasteiger partial charge is 0.423 e. The molecule has 0 saturated heterocycles. The minimum absolute atomic E-state index is 0.374. The first-order valence-corrected chi connectivity index (χ1v) is 8.54. The van der Waals surface area contributed by atoms with E-state index in [0.717, 1.165) is 12.2 Å². The monoisotopic (exact) mass is 298 g/mol. The summed E-state index contributed by atoms with van der Waals surface area (Å²) in [5.74, 6) is -0.929. The molecule has 1 heterocycles. The summed E-state index contributed by atoms with van der Waals surface area (Å²) in [6.07, 6.45) is 0.374. The molecule has 2 rings (SSSR count). The van der Waals surface area contributed by atoms with Crippen LogP contribution in [0.3, 0.4) is 0 Å². The predicted molar refractivity (Wildman–Crippen MR) is 76.3 cm³/mol. The Balaban J connectivity index is 2.32. The van der Waals surface area contributed by atoms with Crippen molar-refractivity contribution in [2.45, 2.75) is 26.2 Å². The lowest BCUT2D eigenvalue weighted by molar-refractivity contribution is -0.215. The highest BCUT2D eigenvalue weighted by molar-refractivity contribution is 7.51. The molecule has 0 bridgehead atoms. The maximum Gasteiger partial charge on any atom is 0.329 e. The van der Waals surface area contributed by atoms with Crippen molar-refractivity contribution in [3.63, 3.8) is 0 Å². The smallest absolute Gasteiger partial charge is 0.329 e. The van der Waals surface area contributed by atoms with Crippen LogP contribution in [0.15, 0.2) is 35.4 Å². The summed E-state index contributed by atoms with van der Waals surface area (Å²) in [4.78, 5) is 9.52. The van der Waals surface area contributed by atoms with Crippen molar-refractivity contribution in [2.24, 2.45) is 5.10 Å². The van der Waals surface area contributed by atoms with Gasteiger partial charge >= 0.3 is 13.5 Å². The molecule has 0 amide bonds. The van der Waals surface area contributed by atoms with E-state index in [9.17, 15) is 9.46 Å². The van der Waals surface area contributed by atoms with E-state index < -0.39 is 13.5 Å². The zero-order valence-electron chi connectivity index (χ0n) is 11.8. The van der Waals surface area contributed by atoms with Gasteiger partial charge in [0.25, 0.3) is 0 Å². The van der Waals surface area contributed by atoms with Gasteiger partial charge in [-0.2, -0.15) is 0 Å². The molecule has 0 saturated carbocycles. The van der Waals surface area contributed by atoms with Gasteiger partial charge in [0, 0.05) is 25.2 Å². The summed E-state index contributed by atoms with van der Waals surface area (Å²) in [7, 11) is -3.71. The molecule has 1 aliphatic heterocycles. The molecule has 110 valence electrons. The molecular formula is C13H19N2O4P. The van der Waals surface area contributed by atoms with Crippen molar-refractivity contribution < 1.29 is 18.7 Å². The van der Waals surface area contributed by atoms with Crippen molar-refractivity contribution in [1.29, 1.82) is 0 Å². The number of hydrogen-bond acceptors (Lipinski definition) is 5. The van der Waals surface area contributed by atoms with E-state index in [0.29, 0.717) is 18.9 Å². The molecule has 1 aromatic carbocycles. The second-order valence-corrected chi connectivity index (χ2v) is 6.34. The van der Waals surface area contributed by atoms with Gasteiger partial charge in [-0.25, -0.2) is 9.53 Å². The van der Waals surface area contributed by atoms with Gasteiger partial charge in [0.2, 0.25) is 5.90 Å². The van der Waals surface area contributed by atoms with Gasteiger partial charge in [-0.05, 0) is 19.1 Å². The topological polar surface area (TPSA) is 71.4 Å². The number of hydrogen-bond donors (Lipinski definition) is 1. The lowest BCUT2D eigenvalue weighted by atomic mass is 10.2. The van der Waals surface area contributed by atoms with Crippen LogP contribution in [0.1, 0.15) is 25.8 Å². The van der Waals surface area contributed by atoms with Gasteiger partial charge in [0.15, 0.2) is 0 Å². The fraction of sp³-hybridized carbons (Fsp3) is 0.462. The third-order valence-corrected chi connectivity index (χ3v) is 3.56. The molecule has 1 aliphatic rings. The van der Waals surface area contributed by atoms with Crippen LogP contribution >= 0.6 is 7.60 Å². The average molecular weight is 298 g/mol. The number of rotatable bonds is 5. The van der Waals surface area contributed by atoms with Gasteiger partial charge in [-0.3, -0.25) is 4.57 Å². The Morgan fingerprint density at radius 2 is 2.05 bits per heavy atom. The maximum atomic E-state index is 11.6. The van der Waals surface area contributed by atoms with Crippen molar-refractivity contribution in [1.82, 2.24) is 5.01 Å². The fourth-order valence-electron chi connectivity index (χ4n) is 2.07. The van der Waals surface area contributed by atoms with E-state index in [1.54, 1.807) is 5.01 Å². The van der Waals surface area contributed by atoms with Crippen molar-refractivity contribution >= 4 is 13.5 Å². The van der Waals surface area contributed by atoms with Crippen molar-refractivity contribution in [2.75, 3.05) is 13.2 Å². The predicted octanol–water partition coefficient (Wildman–Crippen LogP) is 2.60. The standard InChI is InChI=1S/C13H19N2O4P/c1-4-13(19-20(3,16)17)15(5-2)14-12(18-13)11-9-7-6-8-10-11/h6-10H,4-5H2,1-3H3,(H,16,17). The first-order valence-electron chi connectivity index (χ1n) is 6.52.